The fourth-order valence-corrected chi connectivity index (χ4v) is 5.72. The summed E-state index contributed by atoms with van der Waals surface area (Å²) in [6.07, 6.45) is 0.825. The van der Waals surface area contributed by atoms with Crippen LogP contribution >= 0.6 is 0 Å². The summed E-state index contributed by atoms with van der Waals surface area (Å²) in [6.45, 7) is 0. The number of fused-ring (bicyclic) bond motifs is 4. The molecule has 0 amide bonds. The van der Waals surface area contributed by atoms with Crippen molar-refractivity contribution in [2.24, 2.45) is 0 Å². The number of aromatic nitrogens is 4. The lowest BCUT2D eigenvalue weighted by atomic mass is 10.0. The van der Waals surface area contributed by atoms with E-state index in [9.17, 15) is 0 Å². The van der Waals surface area contributed by atoms with E-state index in [0.717, 1.165) is 62.5 Å². The average molecular weight is 525 g/mol. The number of nitrogens with zero attached hydrogens (tertiary/aromatic N) is 4. The summed E-state index contributed by atoms with van der Waals surface area (Å²) in [4.78, 5) is 20.2. The Morgan fingerprint density at radius 3 is 1.73 bits per heavy atom. The minimum Gasteiger partial charge on any atom is -0.228 e. The molecule has 1 aliphatic rings. The van der Waals surface area contributed by atoms with Gasteiger partial charge in [0, 0.05) is 45.2 Å². The topological polar surface area (TPSA) is 51.6 Å². The Bertz CT molecular complexity index is 2050. The van der Waals surface area contributed by atoms with Crippen LogP contribution in [0.5, 0.6) is 0 Å². The van der Waals surface area contributed by atoms with E-state index in [1.165, 1.54) is 16.7 Å². The number of hydrogen-bond acceptors (Lipinski definition) is 4. The van der Waals surface area contributed by atoms with Crippen molar-refractivity contribution < 1.29 is 0 Å². The van der Waals surface area contributed by atoms with Crippen LogP contribution in [-0.2, 0) is 6.42 Å². The quantitative estimate of drug-likeness (QED) is 0.231. The monoisotopic (exact) mass is 524 g/mol. The average Bonchev–Trinajstić information content (AvgIpc) is 3.43. The smallest absolute Gasteiger partial charge is 0.160 e. The lowest BCUT2D eigenvalue weighted by molar-refractivity contribution is 1.13. The summed E-state index contributed by atoms with van der Waals surface area (Å²) in [5.74, 6) is 1.45. The van der Waals surface area contributed by atoms with Crippen molar-refractivity contribution >= 4 is 10.9 Å². The molecule has 2 heterocycles. The Morgan fingerprint density at radius 1 is 0.390 bits per heavy atom. The van der Waals surface area contributed by atoms with Gasteiger partial charge in [-0.3, -0.25) is 0 Å². The summed E-state index contributed by atoms with van der Waals surface area (Å²) in [6, 6.07) is 45.7. The highest BCUT2D eigenvalue weighted by Gasteiger charge is 2.25. The highest BCUT2D eigenvalue weighted by atomic mass is 14.9. The maximum atomic E-state index is 5.12. The van der Waals surface area contributed by atoms with Gasteiger partial charge >= 0.3 is 0 Å². The van der Waals surface area contributed by atoms with E-state index in [0.29, 0.717) is 5.82 Å². The van der Waals surface area contributed by atoms with E-state index < -0.39 is 0 Å². The minimum atomic E-state index is 0.708. The number of para-hydroxylation sites is 1. The molecule has 4 heteroatoms. The third kappa shape index (κ3) is 4.09. The van der Waals surface area contributed by atoms with Crippen LogP contribution in [0.2, 0.25) is 0 Å². The van der Waals surface area contributed by atoms with Crippen LogP contribution < -0.4 is 0 Å². The normalized spacial score (nSPS) is 11.8. The van der Waals surface area contributed by atoms with E-state index in [2.05, 4.69) is 78.9 Å². The van der Waals surface area contributed by atoms with Crippen LogP contribution in [0.15, 0.2) is 133 Å². The first kappa shape index (κ1) is 23.4. The van der Waals surface area contributed by atoms with Gasteiger partial charge < -0.3 is 0 Å². The predicted molar refractivity (Wildman–Crippen MR) is 165 cm³/mol. The van der Waals surface area contributed by atoms with Gasteiger partial charge in [-0.15, -0.1) is 0 Å². The van der Waals surface area contributed by atoms with Gasteiger partial charge in [-0.05, 0) is 11.6 Å². The van der Waals surface area contributed by atoms with Crippen LogP contribution in [0, 0.1) is 0 Å². The molecule has 41 heavy (non-hydrogen) atoms. The number of rotatable bonds is 4. The SMILES string of the molecule is c1ccc(-c2nc(-c3ccc(-c4nc(-c5ccccc5)c5ccccc5n4)cc3)c3c(n2)-c2ccccc2C3)cc1. The summed E-state index contributed by atoms with van der Waals surface area (Å²) in [7, 11) is 0. The van der Waals surface area contributed by atoms with Crippen molar-refractivity contribution in [3.05, 3.63) is 145 Å². The Labute approximate surface area is 238 Å². The largest absolute Gasteiger partial charge is 0.228 e. The molecule has 2 aromatic heterocycles. The second-order valence-corrected chi connectivity index (χ2v) is 10.3. The van der Waals surface area contributed by atoms with Crippen LogP contribution in [0.4, 0.5) is 0 Å². The van der Waals surface area contributed by atoms with Gasteiger partial charge in [-0.2, -0.15) is 0 Å². The molecule has 192 valence electrons. The third-order valence-electron chi connectivity index (χ3n) is 7.75. The van der Waals surface area contributed by atoms with Crippen molar-refractivity contribution in [1.82, 2.24) is 19.9 Å². The second-order valence-electron chi connectivity index (χ2n) is 10.3. The lowest BCUT2D eigenvalue weighted by Crippen LogP contribution is -1.99. The fourth-order valence-electron chi connectivity index (χ4n) is 5.72. The van der Waals surface area contributed by atoms with E-state index in [1.54, 1.807) is 0 Å². The maximum Gasteiger partial charge on any atom is 0.160 e. The molecule has 7 aromatic rings. The molecule has 4 nitrogen and oxygen atoms in total. The van der Waals surface area contributed by atoms with Crippen molar-refractivity contribution in [1.29, 1.82) is 0 Å². The minimum absolute atomic E-state index is 0.708. The lowest BCUT2D eigenvalue weighted by Gasteiger charge is -2.12. The molecule has 0 aliphatic heterocycles. The molecule has 0 N–H and O–H groups in total. The van der Waals surface area contributed by atoms with Crippen molar-refractivity contribution in [2.45, 2.75) is 6.42 Å². The summed E-state index contributed by atoms with van der Waals surface area (Å²) in [5.41, 5.74) is 11.6. The van der Waals surface area contributed by atoms with Crippen LogP contribution in [-0.4, -0.2) is 19.9 Å². The molecule has 0 saturated heterocycles. The van der Waals surface area contributed by atoms with Gasteiger partial charge in [0.25, 0.3) is 0 Å². The molecule has 0 saturated carbocycles. The van der Waals surface area contributed by atoms with Crippen LogP contribution in [0.25, 0.3) is 67.5 Å². The maximum absolute atomic E-state index is 5.12. The van der Waals surface area contributed by atoms with E-state index in [-0.39, 0.29) is 0 Å². The van der Waals surface area contributed by atoms with Crippen LogP contribution in [0.3, 0.4) is 0 Å². The summed E-state index contributed by atoms with van der Waals surface area (Å²) >= 11 is 0. The molecule has 0 unspecified atom stereocenters. The van der Waals surface area contributed by atoms with Gasteiger partial charge in [0.2, 0.25) is 0 Å². The molecular formula is C37H24N4. The molecule has 1 aliphatic carbocycles. The Kier molecular flexibility index (Phi) is 5.49. The molecule has 0 spiro atoms. The molecular weight excluding hydrogens is 500 g/mol. The third-order valence-corrected chi connectivity index (χ3v) is 7.75. The van der Waals surface area contributed by atoms with Gasteiger partial charge in [0.15, 0.2) is 11.6 Å². The second kappa shape index (κ2) is 9.61. The number of benzene rings is 5. The first-order chi connectivity index (χ1) is 20.3. The van der Waals surface area contributed by atoms with E-state index in [4.69, 9.17) is 19.9 Å². The van der Waals surface area contributed by atoms with Gasteiger partial charge in [0.05, 0.1) is 22.6 Å². The molecule has 0 radical (unpaired) electrons. The Morgan fingerprint density at radius 2 is 0.927 bits per heavy atom. The summed E-state index contributed by atoms with van der Waals surface area (Å²) in [5, 5.41) is 1.05. The van der Waals surface area contributed by atoms with Gasteiger partial charge in [-0.25, -0.2) is 19.9 Å². The van der Waals surface area contributed by atoms with Crippen molar-refractivity contribution in [2.75, 3.05) is 0 Å². The highest BCUT2D eigenvalue weighted by Crippen LogP contribution is 2.41. The molecule has 8 rings (SSSR count). The zero-order chi connectivity index (χ0) is 27.2. The first-order valence-electron chi connectivity index (χ1n) is 13.8. The zero-order valence-electron chi connectivity index (χ0n) is 22.2. The van der Waals surface area contributed by atoms with Crippen LogP contribution in [0.1, 0.15) is 11.1 Å². The number of hydrogen-bond donors (Lipinski definition) is 0. The molecule has 0 atom stereocenters. The fraction of sp³-hybridized carbons (Fsp3) is 0.0270. The van der Waals surface area contributed by atoms with Crippen molar-refractivity contribution in [3.8, 4) is 56.5 Å². The Balaban J connectivity index is 1.25. The highest BCUT2D eigenvalue weighted by molar-refractivity contribution is 5.93. The Hall–Kier alpha value is -5.48. The molecule has 0 fully saturated rings. The van der Waals surface area contributed by atoms with E-state index >= 15 is 0 Å². The zero-order valence-corrected chi connectivity index (χ0v) is 22.2. The van der Waals surface area contributed by atoms with E-state index in [1.807, 2.05) is 54.6 Å². The van der Waals surface area contributed by atoms with Gasteiger partial charge in [-0.1, -0.05) is 127 Å². The van der Waals surface area contributed by atoms with Gasteiger partial charge in [0.1, 0.15) is 0 Å². The summed E-state index contributed by atoms with van der Waals surface area (Å²) < 4.78 is 0. The first-order valence-corrected chi connectivity index (χ1v) is 13.8. The van der Waals surface area contributed by atoms with Crippen molar-refractivity contribution in [3.63, 3.8) is 0 Å². The molecule has 5 aromatic carbocycles. The predicted octanol–water partition coefficient (Wildman–Crippen LogP) is 8.66. The standard InChI is InChI=1S/C37H24N4/c1-3-11-24(12-4-1)33-30-17-9-10-18-32(30)38-36(39-33)27-21-19-25(20-22-27)34-31-23-28-15-7-8-16-29(28)35(31)41-37(40-34)26-13-5-2-6-14-26/h1-22H,23H2. The molecule has 0 bridgehead atoms.